The smallest absolute Gasteiger partial charge is 0.161 e. The Kier molecular flexibility index (Phi) is 7.16. The second-order valence-corrected chi connectivity index (χ2v) is 14.5. The molecular formula is C50H35N3. The van der Waals surface area contributed by atoms with Crippen LogP contribution in [-0.4, -0.2) is 15.0 Å². The summed E-state index contributed by atoms with van der Waals surface area (Å²) < 4.78 is 0. The van der Waals surface area contributed by atoms with Gasteiger partial charge in [0.05, 0.1) is 11.4 Å². The third kappa shape index (κ3) is 5.24. The maximum atomic E-state index is 5.27. The highest BCUT2D eigenvalue weighted by Gasteiger charge is 2.36. The number of rotatable bonds is 5. The van der Waals surface area contributed by atoms with Crippen molar-refractivity contribution in [1.29, 1.82) is 0 Å². The summed E-state index contributed by atoms with van der Waals surface area (Å²) in [6.45, 7) is 4.70. The molecule has 3 heteroatoms. The largest absolute Gasteiger partial charge is 0.264 e. The first kappa shape index (κ1) is 31.1. The van der Waals surface area contributed by atoms with Crippen LogP contribution < -0.4 is 0 Å². The number of aromatic nitrogens is 3. The van der Waals surface area contributed by atoms with E-state index in [-0.39, 0.29) is 5.41 Å². The lowest BCUT2D eigenvalue weighted by Gasteiger charge is -2.22. The highest BCUT2D eigenvalue weighted by atomic mass is 14.9. The zero-order valence-corrected chi connectivity index (χ0v) is 29.6. The first-order chi connectivity index (χ1) is 26.0. The molecule has 0 N–H and O–H groups in total. The van der Waals surface area contributed by atoms with Gasteiger partial charge in [0.1, 0.15) is 0 Å². The number of benzene rings is 7. The Bertz CT molecular complexity index is 2860. The number of pyridine rings is 1. The summed E-state index contributed by atoms with van der Waals surface area (Å²) in [6, 6.07) is 58.7. The molecule has 53 heavy (non-hydrogen) atoms. The highest BCUT2D eigenvalue weighted by Crippen LogP contribution is 2.51. The van der Waals surface area contributed by atoms with E-state index in [9.17, 15) is 0 Å². The van der Waals surface area contributed by atoms with Gasteiger partial charge in [0.25, 0.3) is 0 Å². The molecule has 0 spiro atoms. The van der Waals surface area contributed by atoms with E-state index < -0.39 is 0 Å². The molecule has 2 heterocycles. The lowest BCUT2D eigenvalue weighted by atomic mass is 9.81. The van der Waals surface area contributed by atoms with Crippen LogP contribution in [-0.2, 0) is 5.41 Å². The molecule has 1 aliphatic rings. The van der Waals surface area contributed by atoms with E-state index >= 15 is 0 Å². The summed E-state index contributed by atoms with van der Waals surface area (Å²) in [6.07, 6.45) is 3.70. The molecule has 9 aromatic rings. The molecule has 0 saturated carbocycles. The van der Waals surface area contributed by atoms with Crippen LogP contribution >= 0.6 is 0 Å². The molecule has 0 bridgehead atoms. The van der Waals surface area contributed by atoms with Crippen LogP contribution in [0.25, 0.3) is 88.8 Å². The molecule has 2 aromatic heterocycles. The quantitative estimate of drug-likeness (QED) is 0.182. The van der Waals surface area contributed by atoms with Gasteiger partial charge < -0.3 is 0 Å². The van der Waals surface area contributed by atoms with Gasteiger partial charge in [-0.2, -0.15) is 0 Å². The predicted molar refractivity (Wildman–Crippen MR) is 220 cm³/mol. The highest BCUT2D eigenvalue weighted by molar-refractivity contribution is 6.05. The van der Waals surface area contributed by atoms with Crippen molar-refractivity contribution >= 4 is 21.5 Å². The van der Waals surface area contributed by atoms with E-state index in [1.54, 1.807) is 6.20 Å². The molecule has 7 aromatic carbocycles. The minimum atomic E-state index is -0.0739. The molecule has 0 unspecified atom stereocenters. The van der Waals surface area contributed by atoms with E-state index in [2.05, 4.69) is 170 Å². The maximum Gasteiger partial charge on any atom is 0.161 e. The third-order valence-corrected chi connectivity index (χ3v) is 11.0. The van der Waals surface area contributed by atoms with Gasteiger partial charge in [0.2, 0.25) is 0 Å². The van der Waals surface area contributed by atoms with E-state index in [4.69, 9.17) is 9.97 Å². The third-order valence-electron chi connectivity index (χ3n) is 11.0. The topological polar surface area (TPSA) is 38.7 Å². The van der Waals surface area contributed by atoms with E-state index in [0.717, 1.165) is 44.6 Å². The minimum Gasteiger partial charge on any atom is -0.264 e. The van der Waals surface area contributed by atoms with Gasteiger partial charge in [-0.25, -0.2) is 9.97 Å². The van der Waals surface area contributed by atoms with Gasteiger partial charge in [0, 0.05) is 40.1 Å². The fraction of sp³-hybridized carbons (Fsp3) is 0.0600. The lowest BCUT2D eigenvalue weighted by Crippen LogP contribution is -2.14. The van der Waals surface area contributed by atoms with E-state index in [1.807, 2.05) is 18.3 Å². The average molecular weight is 678 g/mol. The molecule has 1 aliphatic carbocycles. The second kappa shape index (κ2) is 12.2. The van der Waals surface area contributed by atoms with Crippen LogP contribution in [0.2, 0.25) is 0 Å². The molecule has 250 valence electrons. The molecule has 0 atom stereocenters. The number of hydrogen-bond acceptors (Lipinski definition) is 3. The molecule has 0 amide bonds. The summed E-state index contributed by atoms with van der Waals surface area (Å²) in [5.74, 6) is 0.701. The molecule has 0 saturated heterocycles. The summed E-state index contributed by atoms with van der Waals surface area (Å²) in [7, 11) is 0. The summed E-state index contributed by atoms with van der Waals surface area (Å²) in [5.41, 5.74) is 14.8. The van der Waals surface area contributed by atoms with Crippen LogP contribution in [0.1, 0.15) is 25.0 Å². The first-order valence-corrected chi connectivity index (χ1v) is 18.2. The van der Waals surface area contributed by atoms with Crippen molar-refractivity contribution in [2.24, 2.45) is 0 Å². The Morgan fingerprint density at radius 2 is 1.04 bits per heavy atom. The fourth-order valence-corrected chi connectivity index (χ4v) is 8.21. The van der Waals surface area contributed by atoms with Crippen LogP contribution in [0.15, 0.2) is 176 Å². The summed E-state index contributed by atoms with van der Waals surface area (Å²) >= 11 is 0. The normalized spacial score (nSPS) is 12.9. The molecular weight excluding hydrogens is 643 g/mol. The van der Waals surface area contributed by atoms with Crippen LogP contribution in [0.3, 0.4) is 0 Å². The number of hydrogen-bond donors (Lipinski definition) is 0. The van der Waals surface area contributed by atoms with E-state index in [0.29, 0.717) is 5.82 Å². The van der Waals surface area contributed by atoms with Crippen molar-refractivity contribution in [3.63, 3.8) is 0 Å². The van der Waals surface area contributed by atoms with Crippen LogP contribution in [0, 0.1) is 0 Å². The second-order valence-electron chi connectivity index (χ2n) is 14.5. The minimum absolute atomic E-state index is 0.0739. The Balaban J connectivity index is 1.13. The zero-order valence-electron chi connectivity index (χ0n) is 29.6. The first-order valence-electron chi connectivity index (χ1n) is 18.2. The molecule has 3 nitrogen and oxygen atoms in total. The van der Waals surface area contributed by atoms with Crippen molar-refractivity contribution in [2.75, 3.05) is 0 Å². The SMILES string of the molecule is CC1(C)c2ccc(-c3ccc(-c4nc(-c5ccccc5)cc(-c5cccc(-c6cccnc6)c5)n4)c4ccccc34)cc2-c2cc3ccccc3cc21. The lowest BCUT2D eigenvalue weighted by molar-refractivity contribution is 0.661. The van der Waals surface area contributed by atoms with Gasteiger partial charge in [-0.1, -0.05) is 135 Å². The van der Waals surface area contributed by atoms with Gasteiger partial charge in [-0.3, -0.25) is 4.98 Å². The zero-order chi connectivity index (χ0) is 35.5. The number of nitrogens with zero attached hydrogens (tertiary/aromatic N) is 3. The van der Waals surface area contributed by atoms with E-state index in [1.165, 1.54) is 49.5 Å². The Morgan fingerprint density at radius 1 is 0.396 bits per heavy atom. The van der Waals surface area contributed by atoms with Gasteiger partial charge in [-0.15, -0.1) is 0 Å². The Hall–Kier alpha value is -6.71. The van der Waals surface area contributed by atoms with Crippen molar-refractivity contribution in [2.45, 2.75) is 19.3 Å². The predicted octanol–water partition coefficient (Wildman–Crippen LogP) is 12.8. The maximum absolute atomic E-state index is 5.27. The van der Waals surface area contributed by atoms with Crippen LogP contribution in [0.4, 0.5) is 0 Å². The Labute approximate surface area is 309 Å². The molecule has 10 rings (SSSR count). The van der Waals surface area contributed by atoms with Gasteiger partial charge in [-0.05, 0) is 103 Å². The summed E-state index contributed by atoms with van der Waals surface area (Å²) in [4.78, 5) is 14.8. The average Bonchev–Trinajstić information content (AvgIpc) is 3.44. The van der Waals surface area contributed by atoms with Crippen molar-refractivity contribution in [3.05, 3.63) is 187 Å². The van der Waals surface area contributed by atoms with Crippen molar-refractivity contribution in [1.82, 2.24) is 15.0 Å². The standard InChI is InChI=1S/C50H35N3/c1-50(2)45-24-21-36(28-43(45)44-27-34-14-6-7-15-35(34)29-46(44)50)39-22-23-42(41-20-9-8-19-40(39)41)49-52-47(32-12-4-3-5-13-32)30-48(53-49)37-17-10-16-33(26-37)38-18-11-25-51-31-38/h3-31H,1-2H3. The van der Waals surface area contributed by atoms with Gasteiger partial charge in [0.15, 0.2) is 5.82 Å². The molecule has 0 fully saturated rings. The number of fused-ring (bicyclic) bond motifs is 5. The molecule has 0 radical (unpaired) electrons. The summed E-state index contributed by atoms with van der Waals surface area (Å²) in [5, 5.41) is 4.86. The van der Waals surface area contributed by atoms with Crippen LogP contribution in [0.5, 0.6) is 0 Å². The molecule has 0 aliphatic heterocycles. The fourth-order valence-electron chi connectivity index (χ4n) is 8.21. The monoisotopic (exact) mass is 677 g/mol. The van der Waals surface area contributed by atoms with Gasteiger partial charge >= 0.3 is 0 Å². The Morgan fingerprint density at radius 3 is 1.83 bits per heavy atom. The van der Waals surface area contributed by atoms with Crippen molar-refractivity contribution < 1.29 is 0 Å². The van der Waals surface area contributed by atoms with Crippen molar-refractivity contribution in [3.8, 4) is 67.3 Å².